The molecule has 5 aromatic carbocycles. The second-order valence-electron chi connectivity index (χ2n) is 13.1. The summed E-state index contributed by atoms with van der Waals surface area (Å²) in [7, 11) is 1.31. The molecule has 10 nitrogen and oxygen atoms in total. The standard InChI is InChI=1S/C43H42N4O6/c1-51-41(49)38(23-29-9-3-2-4-10-29)46-43(50)44-25-34-11-5-6-12-36(34)31-19-21-33(22-20-31)42-52-35(26-47-28-45-37-13-7-8-14-39(37)47)24-40(53-42)32-17-15-30(27-48)16-18-32/h2-22,28,35,38,40,42,48H,23-27H2,1H3,(H2,44,46,50)/t35-,38+,40+,42+/m1/s1. The van der Waals surface area contributed by atoms with Gasteiger partial charge in [0.15, 0.2) is 6.29 Å². The van der Waals surface area contributed by atoms with Crippen LogP contribution < -0.4 is 10.6 Å². The van der Waals surface area contributed by atoms with Crippen LogP contribution in [0.15, 0.2) is 134 Å². The number of nitrogens with one attached hydrogen (secondary N) is 2. The van der Waals surface area contributed by atoms with E-state index >= 15 is 0 Å². The number of aliphatic hydroxyl groups excluding tert-OH is 1. The number of amides is 2. The molecule has 1 aliphatic heterocycles. The van der Waals surface area contributed by atoms with E-state index < -0.39 is 24.3 Å². The SMILES string of the molecule is COC(=O)[C@H](Cc1ccccc1)NC(=O)NCc1ccccc1-c1ccc([C@H]2O[C@@H](Cn3cnc4ccccc43)C[C@@H](c3ccc(CO)cc3)O2)cc1. The first kappa shape index (κ1) is 35.6. The van der Waals surface area contributed by atoms with Crippen LogP contribution in [-0.2, 0) is 45.1 Å². The first-order valence-corrected chi connectivity index (χ1v) is 17.7. The molecule has 1 aromatic heterocycles. The molecule has 0 aliphatic carbocycles. The van der Waals surface area contributed by atoms with Crippen molar-refractivity contribution in [1.29, 1.82) is 0 Å². The zero-order chi connectivity index (χ0) is 36.6. The van der Waals surface area contributed by atoms with Gasteiger partial charge in [0.1, 0.15) is 6.04 Å². The van der Waals surface area contributed by atoms with Crippen LogP contribution in [0.3, 0.4) is 0 Å². The fourth-order valence-corrected chi connectivity index (χ4v) is 6.75. The summed E-state index contributed by atoms with van der Waals surface area (Å²) in [6.45, 7) is 0.848. The van der Waals surface area contributed by atoms with Crippen molar-refractivity contribution < 1.29 is 28.9 Å². The fraction of sp³-hybridized carbons (Fsp3) is 0.233. The van der Waals surface area contributed by atoms with Gasteiger partial charge in [-0.2, -0.15) is 0 Å². The summed E-state index contributed by atoms with van der Waals surface area (Å²) in [5.74, 6) is -0.511. The molecule has 0 bridgehead atoms. The Kier molecular flexibility index (Phi) is 11.2. The van der Waals surface area contributed by atoms with Crippen molar-refractivity contribution in [1.82, 2.24) is 20.2 Å². The van der Waals surface area contributed by atoms with Gasteiger partial charge >= 0.3 is 12.0 Å². The van der Waals surface area contributed by atoms with Crippen molar-refractivity contribution >= 4 is 23.0 Å². The van der Waals surface area contributed by atoms with Gasteiger partial charge in [-0.15, -0.1) is 0 Å². The molecule has 2 amide bonds. The summed E-state index contributed by atoms with van der Waals surface area (Å²) in [5, 5.41) is 15.3. The predicted octanol–water partition coefficient (Wildman–Crippen LogP) is 7.02. The molecule has 53 heavy (non-hydrogen) atoms. The lowest BCUT2D eigenvalue weighted by Crippen LogP contribution is -2.47. The van der Waals surface area contributed by atoms with Gasteiger partial charge in [-0.25, -0.2) is 14.6 Å². The Hall–Kier alpha value is -5.81. The third-order valence-electron chi connectivity index (χ3n) is 9.57. The first-order chi connectivity index (χ1) is 26.0. The first-order valence-electron chi connectivity index (χ1n) is 17.7. The third kappa shape index (κ3) is 8.64. The highest BCUT2D eigenvalue weighted by Crippen LogP contribution is 2.39. The number of methoxy groups -OCH3 is 1. The zero-order valence-corrected chi connectivity index (χ0v) is 29.4. The Morgan fingerprint density at radius 1 is 0.849 bits per heavy atom. The van der Waals surface area contributed by atoms with Gasteiger partial charge in [0.05, 0.1) is 49.8 Å². The number of hydrogen-bond acceptors (Lipinski definition) is 7. The number of fused-ring (bicyclic) bond motifs is 1. The van der Waals surface area contributed by atoms with E-state index in [9.17, 15) is 14.7 Å². The maximum atomic E-state index is 13.0. The van der Waals surface area contributed by atoms with Crippen LogP contribution in [-0.4, -0.2) is 45.9 Å². The molecule has 1 fully saturated rings. The largest absolute Gasteiger partial charge is 0.467 e. The Morgan fingerprint density at radius 2 is 1.57 bits per heavy atom. The molecule has 3 N–H and O–H groups in total. The summed E-state index contributed by atoms with van der Waals surface area (Å²) in [5.41, 5.74) is 8.50. The van der Waals surface area contributed by atoms with Gasteiger partial charge in [0.2, 0.25) is 0 Å². The van der Waals surface area contributed by atoms with Crippen molar-refractivity contribution in [2.24, 2.45) is 0 Å². The molecule has 1 saturated heterocycles. The van der Waals surface area contributed by atoms with Gasteiger partial charge in [-0.05, 0) is 45.5 Å². The molecule has 0 radical (unpaired) electrons. The minimum atomic E-state index is -0.826. The van der Waals surface area contributed by atoms with E-state index in [1.54, 1.807) is 0 Å². The molecule has 1 aliphatic rings. The highest BCUT2D eigenvalue weighted by molar-refractivity contribution is 5.84. The van der Waals surface area contributed by atoms with Crippen LogP contribution in [0.5, 0.6) is 0 Å². The number of carbonyl (C=O) groups excluding carboxylic acids is 2. The number of hydrogen-bond donors (Lipinski definition) is 3. The maximum absolute atomic E-state index is 13.0. The molecule has 0 unspecified atom stereocenters. The minimum Gasteiger partial charge on any atom is -0.467 e. The van der Waals surface area contributed by atoms with Crippen LogP contribution in [0.2, 0.25) is 0 Å². The van der Waals surface area contributed by atoms with Crippen molar-refractivity contribution in [2.75, 3.05) is 7.11 Å². The van der Waals surface area contributed by atoms with E-state index in [0.717, 1.165) is 50.0 Å². The fourth-order valence-electron chi connectivity index (χ4n) is 6.75. The molecule has 6 aromatic rings. The van der Waals surface area contributed by atoms with Crippen LogP contribution in [0.1, 0.15) is 46.6 Å². The Bertz CT molecular complexity index is 2130. The predicted molar refractivity (Wildman–Crippen MR) is 201 cm³/mol. The molecule has 0 saturated carbocycles. The van der Waals surface area contributed by atoms with Gasteiger partial charge in [0.25, 0.3) is 0 Å². The lowest BCUT2D eigenvalue weighted by Gasteiger charge is -2.36. The Labute approximate surface area is 308 Å². The summed E-state index contributed by atoms with van der Waals surface area (Å²) in [6.07, 6.45) is 1.84. The lowest BCUT2D eigenvalue weighted by atomic mass is 9.97. The van der Waals surface area contributed by atoms with E-state index in [0.29, 0.717) is 19.4 Å². The van der Waals surface area contributed by atoms with Crippen molar-refractivity contribution in [3.8, 4) is 11.1 Å². The number of nitrogens with zero attached hydrogens (tertiary/aromatic N) is 2. The second-order valence-corrected chi connectivity index (χ2v) is 13.1. The van der Waals surface area contributed by atoms with Gasteiger partial charge in [0, 0.05) is 24.9 Å². The Balaban J connectivity index is 1.06. The number of ether oxygens (including phenoxy) is 3. The number of aromatic nitrogens is 2. The molecule has 2 heterocycles. The molecular formula is C43H42N4O6. The van der Waals surface area contributed by atoms with E-state index in [-0.39, 0.29) is 25.4 Å². The lowest BCUT2D eigenvalue weighted by molar-refractivity contribution is -0.252. The number of esters is 1. The minimum absolute atomic E-state index is 0.0166. The van der Waals surface area contributed by atoms with E-state index in [4.69, 9.17) is 14.2 Å². The summed E-state index contributed by atoms with van der Waals surface area (Å²) >= 11 is 0. The average Bonchev–Trinajstić information content (AvgIpc) is 3.62. The molecular weight excluding hydrogens is 668 g/mol. The smallest absolute Gasteiger partial charge is 0.328 e. The molecule has 270 valence electrons. The number of aliphatic hydroxyl groups is 1. The number of carbonyl (C=O) groups is 2. The highest BCUT2D eigenvalue weighted by atomic mass is 16.7. The summed E-state index contributed by atoms with van der Waals surface area (Å²) < 4.78 is 20.3. The van der Waals surface area contributed by atoms with Gasteiger partial charge in [-0.3, -0.25) is 0 Å². The van der Waals surface area contributed by atoms with Crippen molar-refractivity contribution in [3.05, 3.63) is 162 Å². The molecule has 4 atom stereocenters. The van der Waals surface area contributed by atoms with Gasteiger partial charge in [-0.1, -0.05) is 115 Å². The number of imidazole rings is 1. The van der Waals surface area contributed by atoms with E-state index in [2.05, 4.69) is 26.3 Å². The Morgan fingerprint density at radius 3 is 2.34 bits per heavy atom. The van der Waals surface area contributed by atoms with Gasteiger partial charge < -0.3 is 34.5 Å². The number of urea groups is 1. The van der Waals surface area contributed by atoms with Crippen LogP contribution in [0.25, 0.3) is 22.2 Å². The monoisotopic (exact) mass is 710 g/mol. The average molecular weight is 711 g/mol. The molecule has 0 spiro atoms. The van der Waals surface area contributed by atoms with Crippen LogP contribution >= 0.6 is 0 Å². The molecule has 10 heteroatoms. The van der Waals surface area contributed by atoms with Crippen LogP contribution in [0, 0.1) is 0 Å². The zero-order valence-electron chi connectivity index (χ0n) is 29.4. The maximum Gasteiger partial charge on any atom is 0.328 e. The quantitative estimate of drug-likeness (QED) is 0.117. The van der Waals surface area contributed by atoms with Crippen LogP contribution in [0.4, 0.5) is 4.79 Å². The summed E-state index contributed by atoms with van der Waals surface area (Å²) in [4.78, 5) is 30.0. The van der Waals surface area contributed by atoms with E-state index in [1.807, 2.05) is 128 Å². The number of benzene rings is 5. The summed E-state index contributed by atoms with van der Waals surface area (Å²) in [6, 6.07) is 40.1. The normalized spacial score (nSPS) is 17.6. The van der Waals surface area contributed by atoms with E-state index in [1.165, 1.54) is 7.11 Å². The van der Waals surface area contributed by atoms with Crippen molar-refractivity contribution in [2.45, 2.75) is 57.1 Å². The third-order valence-corrected chi connectivity index (χ3v) is 9.57. The van der Waals surface area contributed by atoms with Crippen molar-refractivity contribution in [3.63, 3.8) is 0 Å². The molecule has 7 rings (SSSR count). The topological polar surface area (TPSA) is 124 Å². The second kappa shape index (κ2) is 16.7. The number of rotatable bonds is 12. The number of para-hydroxylation sites is 2. The highest BCUT2D eigenvalue weighted by Gasteiger charge is 2.33.